The van der Waals surface area contributed by atoms with Gasteiger partial charge in [-0.25, -0.2) is 4.79 Å². The SMILES string of the molecule is C=Cc1ccc2ccccc2c1C(C(=C)C(=O)O)C(=O)O. The van der Waals surface area contributed by atoms with Gasteiger partial charge in [0.2, 0.25) is 0 Å². The molecular formula is C17H14O4. The smallest absolute Gasteiger partial charge is 0.332 e. The lowest BCUT2D eigenvalue weighted by molar-refractivity contribution is -0.141. The second-order valence-electron chi connectivity index (χ2n) is 4.60. The van der Waals surface area contributed by atoms with E-state index in [9.17, 15) is 14.7 Å². The molecule has 0 aliphatic carbocycles. The molecule has 0 heterocycles. The molecule has 2 aromatic rings. The van der Waals surface area contributed by atoms with Gasteiger partial charge in [-0.15, -0.1) is 0 Å². The van der Waals surface area contributed by atoms with E-state index >= 15 is 0 Å². The quantitative estimate of drug-likeness (QED) is 0.825. The Morgan fingerprint density at radius 3 is 2.33 bits per heavy atom. The van der Waals surface area contributed by atoms with Gasteiger partial charge in [0.1, 0.15) is 5.92 Å². The molecule has 0 spiro atoms. The van der Waals surface area contributed by atoms with Gasteiger partial charge in [0.15, 0.2) is 0 Å². The Labute approximate surface area is 121 Å². The Morgan fingerprint density at radius 2 is 1.76 bits per heavy atom. The Kier molecular flexibility index (Phi) is 3.89. The monoisotopic (exact) mass is 282 g/mol. The molecular weight excluding hydrogens is 268 g/mol. The highest BCUT2D eigenvalue weighted by molar-refractivity contribution is 6.01. The van der Waals surface area contributed by atoms with Crippen molar-refractivity contribution in [2.24, 2.45) is 0 Å². The summed E-state index contributed by atoms with van der Waals surface area (Å²) in [6, 6.07) is 10.8. The first kappa shape index (κ1) is 14.5. The molecule has 0 amide bonds. The largest absolute Gasteiger partial charge is 0.481 e. The van der Waals surface area contributed by atoms with Crippen molar-refractivity contribution >= 4 is 28.8 Å². The third-order valence-electron chi connectivity index (χ3n) is 3.38. The highest BCUT2D eigenvalue weighted by atomic mass is 16.4. The van der Waals surface area contributed by atoms with Crippen LogP contribution in [0.5, 0.6) is 0 Å². The van der Waals surface area contributed by atoms with E-state index in [0.29, 0.717) is 16.5 Å². The van der Waals surface area contributed by atoms with Gasteiger partial charge in [-0.1, -0.05) is 55.6 Å². The van der Waals surface area contributed by atoms with Crippen molar-refractivity contribution in [1.82, 2.24) is 0 Å². The van der Waals surface area contributed by atoms with Gasteiger partial charge in [-0.05, 0) is 21.9 Å². The second kappa shape index (κ2) is 5.63. The van der Waals surface area contributed by atoms with Crippen molar-refractivity contribution in [3.8, 4) is 0 Å². The number of carbonyl (C=O) groups is 2. The van der Waals surface area contributed by atoms with E-state index in [0.717, 1.165) is 5.39 Å². The third kappa shape index (κ3) is 2.56. The highest BCUT2D eigenvalue weighted by Crippen LogP contribution is 2.34. The van der Waals surface area contributed by atoms with Crippen LogP contribution in [0.3, 0.4) is 0 Å². The molecule has 0 bridgehead atoms. The van der Waals surface area contributed by atoms with Crippen LogP contribution in [0.25, 0.3) is 16.8 Å². The number of hydrogen-bond donors (Lipinski definition) is 2. The molecule has 1 atom stereocenters. The van der Waals surface area contributed by atoms with Crippen LogP contribution in [0.4, 0.5) is 0 Å². The molecule has 0 aliphatic rings. The molecule has 106 valence electrons. The number of aliphatic carboxylic acids is 2. The summed E-state index contributed by atoms with van der Waals surface area (Å²) in [5.41, 5.74) is 0.619. The number of carboxylic acid groups (broad SMARTS) is 2. The predicted molar refractivity (Wildman–Crippen MR) is 81.2 cm³/mol. The van der Waals surface area contributed by atoms with Gasteiger partial charge in [0.25, 0.3) is 0 Å². The molecule has 2 N–H and O–H groups in total. The summed E-state index contributed by atoms with van der Waals surface area (Å²) < 4.78 is 0. The number of rotatable bonds is 5. The van der Waals surface area contributed by atoms with E-state index in [2.05, 4.69) is 13.2 Å². The van der Waals surface area contributed by atoms with Crippen LogP contribution in [0.1, 0.15) is 17.0 Å². The van der Waals surface area contributed by atoms with E-state index in [-0.39, 0.29) is 5.57 Å². The number of fused-ring (bicyclic) bond motifs is 1. The van der Waals surface area contributed by atoms with E-state index in [1.807, 2.05) is 18.2 Å². The lowest BCUT2D eigenvalue weighted by Crippen LogP contribution is -2.20. The molecule has 0 aliphatic heterocycles. The van der Waals surface area contributed by atoms with E-state index < -0.39 is 17.9 Å². The van der Waals surface area contributed by atoms with Crippen molar-refractivity contribution in [2.75, 3.05) is 0 Å². The Balaban J connectivity index is 2.83. The number of benzene rings is 2. The van der Waals surface area contributed by atoms with Gasteiger partial charge >= 0.3 is 11.9 Å². The number of carboxylic acids is 2. The molecule has 2 rings (SSSR count). The van der Waals surface area contributed by atoms with Gasteiger partial charge in [-0.2, -0.15) is 0 Å². The van der Waals surface area contributed by atoms with Gasteiger partial charge < -0.3 is 10.2 Å². The summed E-state index contributed by atoms with van der Waals surface area (Å²) in [5.74, 6) is -3.89. The maximum absolute atomic E-state index is 11.6. The summed E-state index contributed by atoms with van der Waals surface area (Å²) in [7, 11) is 0. The van der Waals surface area contributed by atoms with Crippen LogP contribution in [0.15, 0.2) is 55.1 Å². The molecule has 21 heavy (non-hydrogen) atoms. The third-order valence-corrected chi connectivity index (χ3v) is 3.38. The fraction of sp³-hybridized carbons (Fsp3) is 0.0588. The van der Waals surface area contributed by atoms with Crippen molar-refractivity contribution in [3.05, 3.63) is 66.3 Å². The lowest BCUT2D eigenvalue weighted by atomic mass is 9.85. The van der Waals surface area contributed by atoms with E-state index in [4.69, 9.17) is 5.11 Å². The van der Waals surface area contributed by atoms with Gasteiger partial charge in [0, 0.05) is 5.57 Å². The van der Waals surface area contributed by atoms with Gasteiger partial charge in [0.05, 0.1) is 0 Å². The predicted octanol–water partition coefficient (Wildman–Crippen LogP) is 3.29. The van der Waals surface area contributed by atoms with Crippen LogP contribution >= 0.6 is 0 Å². The normalized spacial score (nSPS) is 11.8. The van der Waals surface area contributed by atoms with Crippen LogP contribution in [-0.2, 0) is 9.59 Å². The van der Waals surface area contributed by atoms with Crippen LogP contribution in [0.2, 0.25) is 0 Å². The molecule has 0 saturated heterocycles. The first-order valence-electron chi connectivity index (χ1n) is 6.26. The Morgan fingerprint density at radius 1 is 1.10 bits per heavy atom. The molecule has 0 saturated carbocycles. The molecule has 0 radical (unpaired) electrons. The van der Waals surface area contributed by atoms with Crippen LogP contribution < -0.4 is 0 Å². The fourth-order valence-corrected chi connectivity index (χ4v) is 2.38. The van der Waals surface area contributed by atoms with E-state index in [1.165, 1.54) is 6.08 Å². The average Bonchev–Trinajstić information content (AvgIpc) is 2.47. The molecule has 4 heteroatoms. The average molecular weight is 282 g/mol. The first-order valence-corrected chi connectivity index (χ1v) is 6.26. The van der Waals surface area contributed by atoms with Crippen molar-refractivity contribution in [3.63, 3.8) is 0 Å². The molecule has 4 nitrogen and oxygen atoms in total. The molecule has 2 aromatic carbocycles. The zero-order valence-electron chi connectivity index (χ0n) is 11.2. The minimum absolute atomic E-state index is 0.373. The zero-order chi connectivity index (χ0) is 15.6. The fourth-order valence-electron chi connectivity index (χ4n) is 2.38. The second-order valence-corrected chi connectivity index (χ2v) is 4.60. The van der Waals surface area contributed by atoms with Crippen molar-refractivity contribution in [2.45, 2.75) is 5.92 Å². The van der Waals surface area contributed by atoms with E-state index in [1.54, 1.807) is 18.2 Å². The van der Waals surface area contributed by atoms with Crippen molar-refractivity contribution < 1.29 is 19.8 Å². The summed E-state index contributed by atoms with van der Waals surface area (Å²) in [6.45, 7) is 7.09. The lowest BCUT2D eigenvalue weighted by Gasteiger charge is -2.18. The summed E-state index contributed by atoms with van der Waals surface area (Å²) in [5, 5.41) is 20.1. The summed E-state index contributed by atoms with van der Waals surface area (Å²) in [4.78, 5) is 22.8. The molecule has 0 fully saturated rings. The highest BCUT2D eigenvalue weighted by Gasteiger charge is 2.30. The van der Waals surface area contributed by atoms with Crippen molar-refractivity contribution in [1.29, 1.82) is 0 Å². The first-order chi connectivity index (χ1) is 9.97. The Bertz CT molecular complexity index is 758. The van der Waals surface area contributed by atoms with Crippen LogP contribution in [0, 0.1) is 0 Å². The Hall–Kier alpha value is -2.88. The minimum atomic E-state index is -1.33. The summed E-state index contributed by atoms with van der Waals surface area (Å²) in [6.07, 6.45) is 1.52. The van der Waals surface area contributed by atoms with Gasteiger partial charge in [-0.3, -0.25) is 4.79 Å². The summed E-state index contributed by atoms with van der Waals surface area (Å²) >= 11 is 0. The molecule has 1 unspecified atom stereocenters. The number of hydrogen-bond acceptors (Lipinski definition) is 2. The maximum Gasteiger partial charge on any atom is 0.332 e. The van der Waals surface area contributed by atoms with Crippen LogP contribution in [-0.4, -0.2) is 22.2 Å². The standard InChI is InChI=1S/C17H14O4/c1-3-11-8-9-12-6-4-5-7-13(12)15(11)14(17(20)21)10(2)16(18)19/h3-9,14H,1-2H2,(H,18,19)(H,20,21). The topological polar surface area (TPSA) is 74.6 Å². The molecule has 0 aromatic heterocycles. The maximum atomic E-state index is 11.6. The minimum Gasteiger partial charge on any atom is -0.481 e. The zero-order valence-corrected chi connectivity index (χ0v) is 11.2.